The molecule has 5 rings (SSSR count). The molecule has 1 N–H and O–H groups in total. The fourth-order valence-electron chi connectivity index (χ4n) is 5.67. The number of halogens is 4. The van der Waals surface area contributed by atoms with Gasteiger partial charge in [0, 0.05) is 48.4 Å². The first-order chi connectivity index (χ1) is 17.8. The lowest BCUT2D eigenvalue weighted by Crippen LogP contribution is -2.42. The van der Waals surface area contributed by atoms with Gasteiger partial charge in [0.2, 0.25) is 5.91 Å². The average Bonchev–Trinajstić information content (AvgIpc) is 3.32. The van der Waals surface area contributed by atoms with Crippen LogP contribution in [0.4, 0.5) is 17.6 Å². The summed E-state index contributed by atoms with van der Waals surface area (Å²) in [4.78, 5) is 20.2. The number of hydrogen-bond acceptors (Lipinski definition) is 2. The number of amides is 1. The van der Waals surface area contributed by atoms with Crippen molar-refractivity contribution in [3.05, 3.63) is 77.2 Å². The highest BCUT2D eigenvalue weighted by Gasteiger charge is 2.31. The number of aromatic nitrogens is 1. The number of nitrogens with zero attached hydrogens (tertiary/aromatic N) is 2. The summed E-state index contributed by atoms with van der Waals surface area (Å²) in [5.41, 5.74) is 1.43. The molecule has 8 heteroatoms. The Morgan fingerprint density at radius 2 is 1.73 bits per heavy atom. The number of alkyl halides is 3. The second-order valence-electron chi connectivity index (χ2n) is 10.2. The maximum atomic E-state index is 13.9. The van der Waals surface area contributed by atoms with E-state index in [1.165, 1.54) is 22.5 Å². The molecule has 0 radical (unpaired) electrons. The van der Waals surface area contributed by atoms with Crippen LogP contribution in [-0.2, 0) is 11.0 Å². The van der Waals surface area contributed by atoms with Crippen molar-refractivity contribution in [2.45, 2.75) is 37.8 Å². The third-order valence-electron chi connectivity index (χ3n) is 7.82. The minimum absolute atomic E-state index is 0.242. The van der Waals surface area contributed by atoms with Gasteiger partial charge in [0.1, 0.15) is 5.82 Å². The van der Waals surface area contributed by atoms with Gasteiger partial charge in [-0.25, -0.2) is 4.39 Å². The number of benzene rings is 2. The summed E-state index contributed by atoms with van der Waals surface area (Å²) in [6.07, 6.45) is 3.96. The Kier molecular flexibility index (Phi) is 7.38. The average molecular weight is 514 g/mol. The van der Waals surface area contributed by atoms with Gasteiger partial charge in [0.05, 0.1) is 5.56 Å². The van der Waals surface area contributed by atoms with Crippen LogP contribution in [0.25, 0.3) is 17.0 Å². The van der Waals surface area contributed by atoms with Crippen molar-refractivity contribution in [1.82, 2.24) is 14.8 Å². The van der Waals surface area contributed by atoms with Crippen LogP contribution >= 0.6 is 0 Å². The van der Waals surface area contributed by atoms with Gasteiger partial charge in [0.25, 0.3) is 0 Å². The van der Waals surface area contributed by atoms with Gasteiger partial charge < -0.3 is 14.8 Å². The smallest absolute Gasteiger partial charge is 0.361 e. The van der Waals surface area contributed by atoms with E-state index in [2.05, 4.69) is 40.3 Å². The Balaban J connectivity index is 1.09. The number of fused-ring (bicyclic) bond motifs is 1. The molecule has 196 valence electrons. The minimum atomic E-state index is -4.56. The van der Waals surface area contributed by atoms with Crippen LogP contribution in [-0.4, -0.2) is 53.4 Å². The van der Waals surface area contributed by atoms with Gasteiger partial charge in [-0.3, -0.25) is 4.79 Å². The Hall–Kier alpha value is -3.13. The molecule has 0 aliphatic carbocycles. The van der Waals surface area contributed by atoms with Crippen LogP contribution in [0.3, 0.4) is 0 Å². The van der Waals surface area contributed by atoms with Gasteiger partial charge in [-0.1, -0.05) is 18.2 Å². The van der Waals surface area contributed by atoms with Crippen LogP contribution in [0.15, 0.2) is 54.7 Å². The summed E-state index contributed by atoms with van der Waals surface area (Å²) in [6, 6.07) is 10.7. The third kappa shape index (κ3) is 5.90. The van der Waals surface area contributed by atoms with Crippen molar-refractivity contribution in [3.8, 4) is 0 Å². The first kappa shape index (κ1) is 25.5. The first-order valence-corrected chi connectivity index (χ1v) is 12.9. The lowest BCUT2D eigenvalue weighted by atomic mass is 9.88. The molecule has 0 atom stereocenters. The van der Waals surface area contributed by atoms with Crippen molar-refractivity contribution in [1.29, 1.82) is 0 Å². The molecular weight excluding hydrogens is 482 g/mol. The van der Waals surface area contributed by atoms with Crippen LogP contribution in [0.1, 0.15) is 48.3 Å². The predicted molar refractivity (Wildman–Crippen MR) is 136 cm³/mol. The zero-order valence-electron chi connectivity index (χ0n) is 20.6. The molecule has 2 fully saturated rings. The Morgan fingerprint density at radius 3 is 2.46 bits per heavy atom. The molecule has 2 aliphatic heterocycles. The number of H-pyrrole nitrogens is 1. The standard InChI is InChI=1S/C29H31F4N3O/c30-26-7-6-23(29(31,32)33)17-22(26)5-8-28(37)36-15-9-20(10-16-36)19-35-13-11-21(12-14-35)25-18-34-27-4-2-1-3-24(25)27/h1-8,17-18,20-21,34H,9-16,19H2/b8-5+. The molecule has 1 aromatic heterocycles. The van der Waals surface area contributed by atoms with Gasteiger partial charge >= 0.3 is 6.18 Å². The van der Waals surface area contributed by atoms with Crippen LogP contribution in [0.2, 0.25) is 0 Å². The van der Waals surface area contributed by atoms with Crippen molar-refractivity contribution < 1.29 is 22.4 Å². The molecule has 1 amide bonds. The quantitative estimate of drug-likeness (QED) is 0.314. The predicted octanol–water partition coefficient (Wildman–Crippen LogP) is 6.46. The second-order valence-corrected chi connectivity index (χ2v) is 10.2. The molecule has 37 heavy (non-hydrogen) atoms. The zero-order valence-corrected chi connectivity index (χ0v) is 20.6. The van der Waals surface area contributed by atoms with Crippen molar-refractivity contribution >= 4 is 22.9 Å². The minimum Gasteiger partial charge on any atom is -0.361 e. The molecule has 4 nitrogen and oxygen atoms in total. The lowest BCUT2D eigenvalue weighted by Gasteiger charge is -2.37. The number of carbonyl (C=O) groups excluding carboxylic acids is 1. The maximum absolute atomic E-state index is 13.9. The molecule has 2 aliphatic rings. The van der Waals surface area contributed by atoms with E-state index in [-0.39, 0.29) is 11.5 Å². The van der Waals surface area contributed by atoms with E-state index >= 15 is 0 Å². The summed E-state index contributed by atoms with van der Waals surface area (Å²) in [5, 5.41) is 1.32. The highest BCUT2D eigenvalue weighted by Crippen LogP contribution is 2.34. The van der Waals surface area contributed by atoms with Crippen LogP contribution in [0, 0.1) is 11.7 Å². The van der Waals surface area contributed by atoms with E-state index in [0.717, 1.165) is 63.5 Å². The highest BCUT2D eigenvalue weighted by atomic mass is 19.4. The van der Waals surface area contributed by atoms with E-state index in [1.807, 2.05) is 0 Å². The Bertz CT molecular complexity index is 1270. The number of piperidine rings is 2. The number of rotatable bonds is 5. The molecule has 2 saturated heterocycles. The monoisotopic (exact) mass is 513 g/mol. The molecule has 0 saturated carbocycles. The number of carbonyl (C=O) groups is 1. The number of likely N-dealkylation sites (tertiary alicyclic amines) is 2. The van der Waals surface area contributed by atoms with Gasteiger partial charge in [-0.05, 0) is 86.5 Å². The molecule has 3 heterocycles. The van der Waals surface area contributed by atoms with E-state index < -0.39 is 17.6 Å². The Labute approximate surface area is 213 Å². The maximum Gasteiger partial charge on any atom is 0.416 e. The van der Waals surface area contributed by atoms with Crippen molar-refractivity contribution in [2.75, 3.05) is 32.7 Å². The molecule has 0 bridgehead atoms. The van der Waals surface area contributed by atoms with E-state index in [1.54, 1.807) is 4.90 Å². The second kappa shape index (κ2) is 10.7. The molecule has 0 unspecified atom stereocenters. The molecule has 2 aromatic carbocycles. The summed E-state index contributed by atoms with van der Waals surface area (Å²) in [5.74, 6) is -0.00192. The molecular formula is C29H31F4N3O. The summed E-state index contributed by atoms with van der Waals surface area (Å²) in [6.45, 7) is 4.35. The first-order valence-electron chi connectivity index (χ1n) is 12.9. The van der Waals surface area contributed by atoms with E-state index in [0.29, 0.717) is 31.0 Å². The Morgan fingerprint density at radius 1 is 1.00 bits per heavy atom. The van der Waals surface area contributed by atoms with Crippen molar-refractivity contribution in [2.24, 2.45) is 5.92 Å². The van der Waals surface area contributed by atoms with Gasteiger partial charge in [-0.2, -0.15) is 13.2 Å². The van der Waals surface area contributed by atoms with Gasteiger partial charge in [0.15, 0.2) is 0 Å². The fourth-order valence-corrected chi connectivity index (χ4v) is 5.67. The SMILES string of the molecule is O=C(/C=C/c1cc(C(F)(F)F)ccc1F)N1CCC(CN2CCC(c3c[nH]c4ccccc34)CC2)CC1. The summed E-state index contributed by atoms with van der Waals surface area (Å²) >= 11 is 0. The summed E-state index contributed by atoms with van der Waals surface area (Å²) in [7, 11) is 0. The number of hydrogen-bond donors (Lipinski definition) is 1. The molecule has 3 aromatic rings. The van der Waals surface area contributed by atoms with E-state index in [4.69, 9.17) is 0 Å². The largest absolute Gasteiger partial charge is 0.416 e. The zero-order chi connectivity index (χ0) is 26.0. The van der Waals surface area contributed by atoms with Crippen molar-refractivity contribution in [3.63, 3.8) is 0 Å². The highest BCUT2D eigenvalue weighted by molar-refractivity contribution is 5.92. The van der Waals surface area contributed by atoms with Gasteiger partial charge in [-0.15, -0.1) is 0 Å². The third-order valence-corrected chi connectivity index (χ3v) is 7.82. The fraction of sp³-hybridized carbons (Fsp3) is 0.414. The number of para-hydroxylation sites is 1. The molecule has 0 spiro atoms. The normalized spacial score (nSPS) is 18.8. The van der Waals surface area contributed by atoms with Crippen LogP contribution in [0.5, 0.6) is 0 Å². The van der Waals surface area contributed by atoms with E-state index in [9.17, 15) is 22.4 Å². The lowest BCUT2D eigenvalue weighted by molar-refractivity contribution is -0.137. The number of aromatic amines is 1. The van der Waals surface area contributed by atoms with Crippen LogP contribution < -0.4 is 0 Å². The topological polar surface area (TPSA) is 39.3 Å². The summed E-state index contributed by atoms with van der Waals surface area (Å²) < 4.78 is 52.7. The number of nitrogens with one attached hydrogen (secondary N) is 1.